The quantitative estimate of drug-likeness (QED) is 0.318. The first-order chi connectivity index (χ1) is 0. The van der Waals surface area contributed by atoms with Gasteiger partial charge in [-0.05, 0) is 0 Å². The molecule has 0 spiro atoms. The molecule has 4 N–H and O–H groups in total. The Labute approximate surface area is 88.9 Å². The van der Waals surface area contributed by atoms with Crippen LogP contribution in [0.25, 0.3) is 0 Å². The predicted molar refractivity (Wildman–Crippen MR) is 24.5 cm³/mol. The minimum Gasteiger partial charge on any atom is -0.412 e. The van der Waals surface area contributed by atoms with Gasteiger partial charge in [0.25, 0.3) is 0 Å². The second-order valence-electron chi connectivity index (χ2n) is 0. The molecule has 0 unspecified atom stereocenters. The maximum atomic E-state index is 0. The van der Waals surface area contributed by atoms with Gasteiger partial charge in [-0.3, -0.25) is 0 Å². The second kappa shape index (κ2) is 33.4. The topological polar surface area (TPSA) is 63.0 Å². The number of hydrogen-bond donors (Lipinski definition) is 0. The van der Waals surface area contributed by atoms with Crippen LogP contribution in [0.3, 0.4) is 0 Å². The van der Waals surface area contributed by atoms with Gasteiger partial charge in [-0.25, -0.2) is 0 Å². The minimum absolute atomic E-state index is 0. The van der Waals surface area contributed by atoms with E-state index >= 15 is 0 Å². The summed E-state index contributed by atoms with van der Waals surface area (Å²) in [6, 6.07) is 0. The summed E-state index contributed by atoms with van der Waals surface area (Å²) in [4.78, 5) is 0. The molecule has 24 valence electrons. The van der Waals surface area contributed by atoms with Gasteiger partial charge >= 0.3 is 0 Å². The van der Waals surface area contributed by atoms with E-state index in [1.807, 2.05) is 0 Å². The zero-order valence-corrected chi connectivity index (χ0v) is 8.36. The van der Waals surface area contributed by atoms with E-state index in [-0.39, 0.29) is 90.7 Å². The van der Waals surface area contributed by atoms with Crippen LogP contribution in [0.15, 0.2) is 0 Å². The number of rotatable bonds is 0. The Hall–Kier alpha value is 2.31. The molecule has 0 aliphatic rings. The van der Waals surface area contributed by atoms with Gasteiger partial charge in [0, 0.05) is 79.7 Å². The molecule has 5 heteroatoms. The smallest absolute Gasteiger partial charge is 0 e. The molecule has 0 fully saturated rings. The molecule has 2 nitrogen and oxygen atoms in total. The largest absolute Gasteiger partial charge is 0.412 e. The SMILES string of the molecule is O.O.[Al].[K].[Si]. The van der Waals surface area contributed by atoms with E-state index < -0.39 is 0 Å². The molecule has 0 saturated carbocycles. The minimum atomic E-state index is 0. The standard InChI is InChI=1S/Al.K.2H2O.Si/h;;2*1H2;. The maximum absolute atomic E-state index is 0. The average molecular weight is 130 g/mol. The number of hydrogen-bond acceptors (Lipinski definition) is 0. The van der Waals surface area contributed by atoms with Crippen LogP contribution in [0, 0.1) is 0 Å². The van der Waals surface area contributed by atoms with Crippen LogP contribution in [0.4, 0.5) is 0 Å². The normalized spacial score (nSPS) is 0. The fourth-order valence-electron chi connectivity index (χ4n) is 0. The molecule has 0 aromatic heterocycles. The molecule has 0 heterocycles. The average Bonchev–Trinajstić information content (AvgIpc) is 0. The van der Waals surface area contributed by atoms with Gasteiger partial charge < -0.3 is 11.0 Å². The molecule has 0 aliphatic carbocycles. The van der Waals surface area contributed by atoms with E-state index in [1.54, 1.807) is 0 Å². The summed E-state index contributed by atoms with van der Waals surface area (Å²) in [5, 5.41) is 0. The summed E-state index contributed by atoms with van der Waals surface area (Å²) in [7, 11) is 0. The van der Waals surface area contributed by atoms with E-state index in [4.69, 9.17) is 0 Å². The van der Waals surface area contributed by atoms with Gasteiger partial charge in [-0.15, -0.1) is 0 Å². The molecule has 8 radical (unpaired) electrons. The van der Waals surface area contributed by atoms with Crippen LogP contribution in [0.1, 0.15) is 0 Å². The Morgan fingerprint density at radius 3 is 0.800 bits per heavy atom. The van der Waals surface area contributed by atoms with E-state index in [9.17, 15) is 0 Å². The molecule has 0 rings (SSSR count). The zero-order valence-electron chi connectivity index (χ0n) is 3.08. The first kappa shape index (κ1) is 54.6. The van der Waals surface area contributed by atoms with Crippen LogP contribution in [0.2, 0.25) is 0 Å². The summed E-state index contributed by atoms with van der Waals surface area (Å²) < 4.78 is 0. The van der Waals surface area contributed by atoms with Gasteiger partial charge in [0.2, 0.25) is 0 Å². The van der Waals surface area contributed by atoms with E-state index in [1.165, 1.54) is 0 Å². The summed E-state index contributed by atoms with van der Waals surface area (Å²) in [5.74, 6) is 0. The van der Waals surface area contributed by atoms with Crippen molar-refractivity contribution in [2.45, 2.75) is 0 Å². The summed E-state index contributed by atoms with van der Waals surface area (Å²) in [5.41, 5.74) is 0. The fourth-order valence-corrected chi connectivity index (χ4v) is 0. The molecule has 0 aromatic rings. The molecule has 0 aliphatic heterocycles. The molecular formula is H4AlKO2Si. The maximum Gasteiger partial charge on any atom is 0 e. The van der Waals surface area contributed by atoms with Crippen LogP contribution < -0.4 is 0 Å². The van der Waals surface area contributed by atoms with Crippen molar-refractivity contribution in [3.63, 3.8) is 0 Å². The Kier molecular flexibility index (Phi) is 365. The third-order valence-corrected chi connectivity index (χ3v) is 0. The van der Waals surface area contributed by atoms with Crippen molar-refractivity contribution in [2.24, 2.45) is 0 Å². The predicted octanol–water partition coefficient (Wildman–Crippen LogP) is -2.79. The summed E-state index contributed by atoms with van der Waals surface area (Å²) in [6.07, 6.45) is 0. The van der Waals surface area contributed by atoms with Crippen molar-refractivity contribution in [3.05, 3.63) is 0 Å². The van der Waals surface area contributed by atoms with Crippen molar-refractivity contribution < 1.29 is 11.0 Å². The van der Waals surface area contributed by atoms with Gasteiger partial charge in [0.05, 0.1) is 0 Å². The molecule has 0 atom stereocenters. The monoisotopic (exact) mass is 130 g/mol. The second-order valence-corrected chi connectivity index (χ2v) is 0. The zero-order chi connectivity index (χ0) is 0. The van der Waals surface area contributed by atoms with E-state index in [2.05, 4.69) is 0 Å². The van der Waals surface area contributed by atoms with E-state index in [0.29, 0.717) is 0 Å². The van der Waals surface area contributed by atoms with Crippen molar-refractivity contribution in [1.82, 2.24) is 0 Å². The van der Waals surface area contributed by atoms with Gasteiger partial charge in [0.1, 0.15) is 0 Å². The molecule has 5 heavy (non-hydrogen) atoms. The fraction of sp³-hybridized carbons (Fsp3) is 0. The molecule has 0 amide bonds. The first-order valence-corrected chi connectivity index (χ1v) is 0. The van der Waals surface area contributed by atoms with Gasteiger partial charge in [0.15, 0.2) is 0 Å². The Bertz CT molecular complexity index is 9.61. The van der Waals surface area contributed by atoms with Crippen LogP contribution in [-0.4, -0.2) is 90.7 Å². The van der Waals surface area contributed by atoms with Crippen molar-refractivity contribution in [2.75, 3.05) is 0 Å². The Morgan fingerprint density at radius 2 is 0.800 bits per heavy atom. The van der Waals surface area contributed by atoms with Crippen LogP contribution >= 0.6 is 0 Å². The molecular weight excluding hydrogens is 126 g/mol. The summed E-state index contributed by atoms with van der Waals surface area (Å²) in [6.45, 7) is 0. The van der Waals surface area contributed by atoms with E-state index in [0.717, 1.165) is 0 Å². The van der Waals surface area contributed by atoms with Crippen LogP contribution in [0.5, 0.6) is 0 Å². The van der Waals surface area contributed by atoms with Gasteiger partial charge in [-0.2, -0.15) is 0 Å². The van der Waals surface area contributed by atoms with Gasteiger partial charge in [-0.1, -0.05) is 0 Å². The molecule has 0 aromatic carbocycles. The molecule has 0 saturated heterocycles. The third kappa shape index (κ3) is 22.0. The Balaban J connectivity index is 0. The summed E-state index contributed by atoms with van der Waals surface area (Å²) >= 11 is 0. The molecule has 0 bridgehead atoms. The Morgan fingerprint density at radius 1 is 0.800 bits per heavy atom. The third-order valence-electron chi connectivity index (χ3n) is 0. The van der Waals surface area contributed by atoms with Crippen LogP contribution in [-0.2, 0) is 0 Å². The first-order valence-electron chi connectivity index (χ1n) is 0. The van der Waals surface area contributed by atoms with Crippen molar-refractivity contribution in [3.8, 4) is 0 Å². The van der Waals surface area contributed by atoms with Crippen molar-refractivity contribution >= 4 is 79.7 Å². The van der Waals surface area contributed by atoms with Crippen molar-refractivity contribution in [1.29, 1.82) is 0 Å².